The standard InChI is InChI=1S/C19H22ClN3O3/c1-4-13-5-7-14(8-6-13)18(22(2)3)12-21-19(24)16-10-9-15(23(25)26)11-17(16)20/h5-11,18H,4,12H2,1-3H3,(H,21,24)/t18-/m0/s1. The molecule has 0 aliphatic rings. The lowest BCUT2D eigenvalue weighted by Gasteiger charge is -2.25. The van der Waals surface area contributed by atoms with Gasteiger partial charge in [-0.05, 0) is 37.7 Å². The lowest BCUT2D eigenvalue weighted by atomic mass is 10.0. The average molecular weight is 376 g/mol. The van der Waals surface area contributed by atoms with Gasteiger partial charge in [0.2, 0.25) is 0 Å². The summed E-state index contributed by atoms with van der Waals surface area (Å²) in [6.07, 6.45) is 0.974. The van der Waals surface area contributed by atoms with E-state index >= 15 is 0 Å². The number of hydrogen-bond donors (Lipinski definition) is 1. The molecule has 0 aromatic heterocycles. The van der Waals surface area contributed by atoms with E-state index in [2.05, 4.69) is 36.5 Å². The van der Waals surface area contributed by atoms with Gasteiger partial charge in [0.05, 0.1) is 21.6 Å². The second-order valence-electron chi connectivity index (χ2n) is 6.21. The maximum absolute atomic E-state index is 12.4. The SMILES string of the molecule is CCc1ccc([C@H](CNC(=O)c2ccc([N+](=O)[O-])cc2Cl)N(C)C)cc1. The molecular formula is C19H22ClN3O3. The van der Waals surface area contributed by atoms with E-state index in [1.807, 2.05) is 19.0 Å². The van der Waals surface area contributed by atoms with Gasteiger partial charge in [-0.2, -0.15) is 0 Å². The number of hydrogen-bond acceptors (Lipinski definition) is 4. The van der Waals surface area contributed by atoms with Crippen molar-refractivity contribution in [3.63, 3.8) is 0 Å². The molecule has 26 heavy (non-hydrogen) atoms. The molecule has 1 atom stereocenters. The van der Waals surface area contributed by atoms with Crippen molar-refractivity contribution < 1.29 is 9.72 Å². The number of nitrogens with one attached hydrogen (secondary N) is 1. The second-order valence-corrected chi connectivity index (χ2v) is 6.61. The molecule has 1 N–H and O–H groups in total. The number of rotatable bonds is 7. The molecule has 2 rings (SSSR count). The van der Waals surface area contributed by atoms with Crippen LogP contribution in [0.15, 0.2) is 42.5 Å². The molecule has 2 aromatic rings. The van der Waals surface area contributed by atoms with Crippen molar-refractivity contribution in [2.24, 2.45) is 0 Å². The summed E-state index contributed by atoms with van der Waals surface area (Å²) in [7, 11) is 3.90. The molecule has 7 heteroatoms. The number of aryl methyl sites for hydroxylation is 1. The molecule has 0 unspecified atom stereocenters. The van der Waals surface area contributed by atoms with Gasteiger partial charge in [0, 0.05) is 18.7 Å². The van der Waals surface area contributed by atoms with Crippen LogP contribution in [-0.2, 0) is 6.42 Å². The Morgan fingerprint density at radius 2 is 1.88 bits per heavy atom. The maximum atomic E-state index is 12.4. The summed E-state index contributed by atoms with van der Waals surface area (Å²) in [6, 6.07) is 12.1. The first kappa shape index (κ1) is 19.9. The molecule has 6 nitrogen and oxygen atoms in total. The third-order valence-corrected chi connectivity index (χ3v) is 4.57. The van der Waals surface area contributed by atoms with Crippen molar-refractivity contribution in [3.8, 4) is 0 Å². The molecule has 0 spiro atoms. The zero-order chi connectivity index (χ0) is 19.3. The highest BCUT2D eigenvalue weighted by atomic mass is 35.5. The number of nitrogens with zero attached hydrogens (tertiary/aromatic N) is 2. The fourth-order valence-corrected chi connectivity index (χ4v) is 2.92. The Labute approximate surface area is 157 Å². The van der Waals surface area contributed by atoms with Crippen LogP contribution in [0.2, 0.25) is 5.02 Å². The molecule has 0 heterocycles. The minimum Gasteiger partial charge on any atom is -0.350 e. The van der Waals surface area contributed by atoms with E-state index in [9.17, 15) is 14.9 Å². The molecule has 0 bridgehead atoms. The molecule has 138 valence electrons. The minimum atomic E-state index is -0.546. The van der Waals surface area contributed by atoms with Crippen LogP contribution in [0.5, 0.6) is 0 Å². The summed E-state index contributed by atoms with van der Waals surface area (Å²) in [5.41, 5.74) is 2.43. The summed E-state index contributed by atoms with van der Waals surface area (Å²) in [5, 5.41) is 13.7. The monoisotopic (exact) mass is 375 g/mol. The summed E-state index contributed by atoms with van der Waals surface area (Å²) < 4.78 is 0. The number of nitro groups is 1. The lowest BCUT2D eigenvalue weighted by Crippen LogP contribution is -2.34. The first-order valence-electron chi connectivity index (χ1n) is 8.31. The highest BCUT2D eigenvalue weighted by Gasteiger charge is 2.18. The number of likely N-dealkylation sites (N-methyl/N-ethyl adjacent to an activating group) is 1. The summed E-state index contributed by atoms with van der Waals surface area (Å²) in [6.45, 7) is 2.50. The van der Waals surface area contributed by atoms with Gasteiger partial charge in [-0.25, -0.2) is 0 Å². The van der Waals surface area contributed by atoms with E-state index in [4.69, 9.17) is 11.6 Å². The average Bonchev–Trinajstić information content (AvgIpc) is 2.61. The Hall–Kier alpha value is -2.44. The van der Waals surface area contributed by atoms with Crippen molar-refractivity contribution in [3.05, 3.63) is 74.3 Å². The van der Waals surface area contributed by atoms with Crippen LogP contribution >= 0.6 is 11.6 Å². The van der Waals surface area contributed by atoms with Crippen molar-refractivity contribution in [2.45, 2.75) is 19.4 Å². The van der Waals surface area contributed by atoms with Crippen molar-refractivity contribution >= 4 is 23.2 Å². The van der Waals surface area contributed by atoms with Gasteiger partial charge in [-0.15, -0.1) is 0 Å². The van der Waals surface area contributed by atoms with Gasteiger partial charge < -0.3 is 10.2 Å². The van der Waals surface area contributed by atoms with Gasteiger partial charge in [-0.3, -0.25) is 14.9 Å². The summed E-state index contributed by atoms with van der Waals surface area (Å²) in [5.74, 6) is -0.359. The van der Waals surface area contributed by atoms with E-state index < -0.39 is 4.92 Å². The zero-order valence-corrected chi connectivity index (χ0v) is 15.8. The number of nitro benzene ring substituents is 1. The van der Waals surface area contributed by atoms with E-state index in [-0.39, 0.29) is 28.2 Å². The minimum absolute atomic E-state index is 0.00156. The third-order valence-electron chi connectivity index (χ3n) is 4.26. The van der Waals surface area contributed by atoms with Crippen molar-refractivity contribution in [1.29, 1.82) is 0 Å². The molecule has 0 saturated heterocycles. The third kappa shape index (κ3) is 4.80. The number of non-ortho nitro benzene ring substituents is 1. The van der Waals surface area contributed by atoms with Gasteiger partial charge in [-0.1, -0.05) is 42.8 Å². The second kappa shape index (κ2) is 8.78. The first-order chi connectivity index (χ1) is 12.3. The van der Waals surface area contributed by atoms with Crippen LogP contribution in [0, 0.1) is 10.1 Å². The van der Waals surface area contributed by atoms with Gasteiger partial charge in [0.1, 0.15) is 0 Å². The van der Waals surface area contributed by atoms with Crippen molar-refractivity contribution in [2.75, 3.05) is 20.6 Å². The zero-order valence-electron chi connectivity index (χ0n) is 15.0. The molecule has 0 aliphatic heterocycles. The largest absolute Gasteiger partial charge is 0.350 e. The molecule has 0 saturated carbocycles. The summed E-state index contributed by atoms with van der Waals surface area (Å²) >= 11 is 6.02. The van der Waals surface area contributed by atoms with Crippen LogP contribution in [-0.4, -0.2) is 36.4 Å². The van der Waals surface area contributed by atoms with Gasteiger partial charge >= 0.3 is 0 Å². The Balaban J connectivity index is 2.11. The van der Waals surface area contributed by atoms with Gasteiger partial charge in [0.15, 0.2) is 0 Å². The quantitative estimate of drug-likeness (QED) is 0.589. The van der Waals surface area contributed by atoms with Crippen LogP contribution in [0.4, 0.5) is 5.69 Å². The molecule has 0 fully saturated rings. The van der Waals surface area contributed by atoms with Gasteiger partial charge in [0.25, 0.3) is 11.6 Å². The molecule has 1 amide bonds. The Kier molecular flexibility index (Phi) is 6.71. The van der Waals surface area contributed by atoms with Crippen LogP contribution in [0.1, 0.15) is 34.5 Å². The Bertz CT molecular complexity index is 791. The summed E-state index contributed by atoms with van der Waals surface area (Å²) in [4.78, 5) is 24.7. The molecule has 0 radical (unpaired) electrons. The molecular weight excluding hydrogens is 354 g/mol. The van der Waals surface area contributed by atoms with E-state index in [0.29, 0.717) is 6.54 Å². The van der Waals surface area contributed by atoms with Crippen LogP contribution in [0.25, 0.3) is 0 Å². The van der Waals surface area contributed by atoms with Crippen LogP contribution < -0.4 is 5.32 Å². The smallest absolute Gasteiger partial charge is 0.270 e. The Morgan fingerprint density at radius 1 is 1.23 bits per heavy atom. The predicted octanol–water partition coefficient (Wildman–Crippen LogP) is 3.84. The number of carbonyl (C=O) groups excluding carboxylic acids is 1. The van der Waals surface area contributed by atoms with Crippen molar-refractivity contribution in [1.82, 2.24) is 10.2 Å². The fourth-order valence-electron chi connectivity index (χ4n) is 2.66. The fraction of sp³-hybridized carbons (Fsp3) is 0.316. The molecule has 2 aromatic carbocycles. The van der Waals surface area contributed by atoms with E-state index in [1.54, 1.807) is 0 Å². The predicted molar refractivity (Wildman–Crippen MR) is 103 cm³/mol. The number of benzene rings is 2. The highest BCUT2D eigenvalue weighted by Crippen LogP contribution is 2.23. The van der Waals surface area contributed by atoms with E-state index in [1.165, 1.54) is 23.8 Å². The topological polar surface area (TPSA) is 75.5 Å². The lowest BCUT2D eigenvalue weighted by molar-refractivity contribution is -0.384. The highest BCUT2D eigenvalue weighted by molar-refractivity contribution is 6.34. The number of amides is 1. The number of carbonyl (C=O) groups is 1. The normalized spacial score (nSPS) is 12.0. The van der Waals surface area contributed by atoms with Crippen LogP contribution in [0.3, 0.4) is 0 Å². The molecule has 0 aliphatic carbocycles. The maximum Gasteiger partial charge on any atom is 0.270 e. The Morgan fingerprint density at radius 3 is 2.38 bits per heavy atom. The first-order valence-corrected chi connectivity index (χ1v) is 8.68. The van der Waals surface area contributed by atoms with E-state index in [0.717, 1.165) is 12.0 Å². The number of halogens is 1.